The van der Waals surface area contributed by atoms with E-state index in [1.807, 2.05) is 31.2 Å². The summed E-state index contributed by atoms with van der Waals surface area (Å²) in [6.07, 6.45) is 2.67. The molecular formula is C15H20N2O3. The fourth-order valence-electron chi connectivity index (χ4n) is 1.97. The number of hydrogen-bond donors (Lipinski definition) is 3. The quantitative estimate of drug-likeness (QED) is 0.715. The molecule has 0 aromatic heterocycles. The summed E-state index contributed by atoms with van der Waals surface area (Å²) in [5.74, 6) is -0.522. The Balaban J connectivity index is 1.88. The number of carboxylic acid groups (broad SMARTS) is 1. The Morgan fingerprint density at radius 3 is 2.70 bits per heavy atom. The number of carbonyl (C=O) groups excluding carboxylic acids is 1. The van der Waals surface area contributed by atoms with Crippen LogP contribution in [0.1, 0.15) is 32.6 Å². The van der Waals surface area contributed by atoms with Crippen molar-refractivity contribution in [3.05, 3.63) is 24.3 Å². The Labute approximate surface area is 118 Å². The van der Waals surface area contributed by atoms with Crippen molar-refractivity contribution in [2.24, 2.45) is 5.92 Å². The summed E-state index contributed by atoms with van der Waals surface area (Å²) in [7, 11) is 0. The van der Waals surface area contributed by atoms with Gasteiger partial charge < -0.3 is 15.7 Å². The van der Waals surface area contributed by atoms with Crippen LogP contribution in [0.15, 0.2) is 24.3 Å². The maximum Gasteiger partial charge on any atom is 0.303 e. The topological polar surface area (TPSA) is 78.4 Å². The molecule has 1 aromatic carbocycles. The van der Waals surface area contributed by atoms with E-state index in [2.05, 4.69) is 10.6 Å². The van der Waals surface area contributed by atoms with Gasteiger partial charge in [-0.3, -0.25) is 9.59 Å². The number of aliphatic carboxylic acids is 1. The molecule has 0 heterocycles. The van der Waals surface area contributed by atoms with E-state index >= 15 is 0 Å². The van der Waals surface area contributed by atoms with Gasteiger partial charge >= 0.3 is 5.97 Å². The van der Waals surface area contributed by atoms with Crippen molar-refractivity contribution in [3.63, 3.8) is 0 Å². The van der Waals surface area contributed by atoms with E-state index in [-0.39, 0.29) is 24.3 Å². The van der Waals surface area contributed by atoms with Crippen molar-refractivity contribution in [2.45, 2.75) is 38.6 Å². The summed E-state index contributed by atoms with van der Waals surface area (Å²) in [6.45, 7) is 1.94. The summed E-state index contributed by atoms with van der Waals surface area (Å²) in [6, 6.07) is 7.57. The van der Waals surface area contributed by atoms with E-state index in [0.29, 0.717) is 6.42 Å². The van der Waals surface area contributed by atoms with Gasteiger partial charge in [0.15, 0.2) is 0 Å². The van der Waals surface area contributed by atoms with Crippen molar-refractivity contribution in [2.75, 3.05) is 10.6 Å². The summed E-state index contributed by atoms with van der Waals surface area (Å²) in [5.41, 5.74) is 1.66. The Morgan fingerprint density at radius 1 is 1.35 bits per heavy atom. The first-order valence-corrected chi connectivity index (χ1v) is 6.94. The van der Waals surface area contributed by atoms with Crippen LogP contribution in [0.4, 0.5) is 11.4 Å². The molecule has 1 atom stereocenters. The molecule has 0 saturated heterocycles. The number of anilines is 2. The molecular weight excluding hydrogens is 256 g/mol. The van der Waals surface area contributed by atoms with Crippen LogP contribution in [0.25, 0.3) is 0 Å². The van der Waals surface area contributed by atoms with Crippen LogP contribution >= 0.6 is 0 Å². The zero-order valence-corrected chi connectivity index (χ0v) is 11.6. The highest BCUT2D eigenvalue weighted by Gasteiger charge is 2.29. The minimum absolute atomic E-state index is 0.0699. The fourth-order valence-corrected chi connectivity index (χ4v) is 1.97. The molecule has 1 unspecified atom stereocenters. The molecule has 20 heavy (non-hydrogen) atoms. The summed E-state index contributed by atoms with van der Waals surface area (Å²) in [5, 5.41) is 14.8. The average Bonchev–Trinajstić information content (AvgIpc) is 3.21. The number of rotatable bonds is 7. The normalized spacial score (nSPS) is 15.4. The minimum atomic E-state index is -0.788. The molecule has 0 spiro atoms. The second-order valence-electron chi connectivity index (χ2n) is 5.32. The van der Waals surface area contributed by atoms with Crippen LogP contribution in [-0.2, 0) is 9.59 Å². The van der Waals surface area contributed by atoms with Crippen LogP contribution in [0.5, 0.6) is 0 Å². The number of carboxylic acids is 1. The van der Waals surface area contributed by atoms with Gasteiger partial charge in [-0.1, -0.05) is 6.07 Å². The first-order valence-electron chi connectivity index (χ1n) is 6.94. The highest BCUT2D eigenvalue weighted by atomic mass is 16.4. The summed E-state index contributed by atoms with van der Waals surface area (Å²) in [4.78, 5) is 22.2. The molecule has 0 aliphatic heterocycles. The highest BCUT2D eigenvalue weighted by Crippen LogP contribution is 2.30. The third kappa shape index (κ3) is 4.57. The third-order valence-electron chi connectivity index (χ3n) is 3.28. The van der Waals surface area contributed by atoms with Crippen molar-refractivity contribution < 1.29 is 14.7 Å². The maximum absolute atomic E-state index is 11.7. The van der Waals surface area contributed by atoms with E-state index in [4.69, 9.17) is 5.11 Å². The molecule has 108 valence electrons. The Kier molecular flexibility index (Phi) is 4.61. The SMILES string of the molecule is CC(CCC(=O)O)Nc1cccc(NC(=O)C2CC2)c1. The first kappa shape index (κ1) is 14.4. The Bertz CT molecular complexity index is 498. The standard InChI is InChI=1S/C15H20N2O3/c1-10(5-8-14(18)19)16-12-3-2-4-13(9-12)17-15(20)11-6-7-11/h2-4,9-11,16H,5-8H2,1H3,(H,17,20)(H,18,19). The monoisotopic (exact) mass is 276 g/mol. The fraction of sp³-hybridized carbons (Fsp3) is 0.467. The number of benzene rings is 1. The predicted octanol–water partition coefficient (Wildman–Crippen LogP) is 2.70. The molecule has 5 nitrogen and oxygen atoms in total. The van der Waals surface area contributed by atoms with E-state index in [1.165, 1.54) is 0 Å². The molecule has 2 rings (SSSR count). The van der Waals surface area contributed by atoms with Gasteiger partial charge in [0.25, 0.3) is 0 Å². The number of amides is 1. The molecule has 1 fully saturated rings. The second kappa shape index (κ2) is 6.41. The molecule has 1 saturated carbocycles. The predicted molar refractivity (Wildman–Crippen MR) is 77.8 cm³/mol. The van der Waals surface area contributed by atoms with Gasteiger partial charge in [0, 0.05) is 29.8 Å². The van der Waals surface area contributed by atoms with Crippen LogP contribution < -0.4 is 10.6 Å². The zero-order valence-electron chi connectivity index (χ0n) is 11.6. The van der Waals surface area contributed by atoms with Gasteiger partial charge in [-0.15, -0.1) is 0 Å². The Morgan fingerprint density at radius 2 is 2.05 bits per heavy atom. The summed E-state index contributed by atoms with van der Waals surface area (Å²) >= 11 is 0. The lowest BCUT2D eigenvalue weighted by Gasteiger charge is -2.15. The number of nitrogens with one attached hydrogen (secondary N) is 2. The lowest BCUT2D eigenvalue weighted by molar-refractivity contribution is -0.137. The summed E-state index contributed by atoms with van der Waals surface area (Å²) < 4.78 is 0. The molecule has 1 aliphatic carbocycles. The lowest BCUT2D eigenvalue weighted by atomic mass is 10.1. The molecule has 0 bridgehead atoms. The highest BCUT2D eigenvalue weighted by molar-refractivity contribution is 5.94. The first-order chi connectivity index (χ1) is 9.54. The average molecular weight is 276 g/mol. The van der Waals surface area contributed by atoms with Crippen LogP contribution in [-0.4, -0.2) is 23.0 Å². The minimum Gasteiger partial charge on any atom is -0.481 e. The van der Waals surface area contributed by atoms with Crippen LogP contribution in [0.2, 0.25) is 0 Å². The number of hydrogen-bond acceptors (Lipinski definition) is 3. The molecule has 3 N–H and O–H groups in total. The van der Waals surface area contributed by atoms with Gasteiger partial charge in [-0.25, -0.2) is 0 Å². The van der Waals surface area contributed by atoms with Gasteiger partial charge in [0.2, 0.25) is 5.91 Å². The second-order valence-corrected chi connectivity index (χ2v) is 5.32. The molecule has 1 amide bonds. The largest absolute Gasteiger partial charge is 0.481 e. The van der Waals surface area contributed by atoms with Gasteiger partial charge in [0.05, 0.1) is 0 Å². The van der Waals surface area contributed by atoms with E-state index < -0.39 is 5.97 Å². The number of carbonyl (C=O) groups is 2. The van der Waals surface area contributed by atoms with Gasteiger partial charge in [0.1, 0.15) is 0 Å². The van der Waals surface area contributed by atoms with E-state index in [9.17, 15) is 9.59 Å². The van der Waals surface area contributed by atoms with Gasteiger partial charge in [-0.2, -0.15) is 0 Å². The zero-order chi connectivity index (χ0) is 14.5. The lowest BCUT2D eigenvalue weighted by Crippen LogP contribution is -2.17. The smallest absolute Gasteiger partial charge is 0.303 e. The van der Waals surface area contributed by atoms with Crippen molar-refractivity contribution in [1.29, 1.82) is 0 Å². The van der Waals surface area contributed by atoms with E-state index in [1.54, 1.807) is 0 Å². The van der Waals surface area contributed by atoms with Crippen LogP contribution in [0, 0.1) is 5.92 Å². The molecule has 1 aliphatic rings. The van der Waals surface area contributed by atoms with Gasteiger partial charge in [-0.05, 0) is 44.4 Å². The molecule has 1 aromatic rings. The Hall–Kier alpha value is -2.04. The van der Waals surface area contributed by atoms with Crippen molar-refractivity contribution in [3.8, 4) is 0 Å². The van der Waals surface area contributed by atoms with Crippen LogP contribution in [0.3, 0.4) is 0 Å². The molecule has 5 heteroatoms. The van der Waals surface area contributed by atoms with E-state index in [0.717, 1.165) is 24.2 Å². The third-order valence-corrected chi connectivity index (χ3v) is 3.28. The van der Waals surface area contributed by atoms with Crippen molar-refractivity contribution >= 4 is 23.3 Å². The van der Waals surface area contributed by atoms with Crippen molar-refractivity contribution in [1.82, 2.24) is 0 Å². The molecule has 0 radical (unpaired) electrons. The maximum atomic E-state index is 11.7.